The van der Waals surface area contributed by atoms with Crippen LogP contribution in [0, 0.1) is 5.92 Å². The molecule has 0 aliphatic rings. The number of carbonyl (C=O) groups excluding carboxylic acids is 1. The van der Waals surface area contributed by atoms with E-state index in [4.69, 9.17) is 4.74 Å². The number of aliphatic hydroxyl groups is 1. The molecule has 0 fully saturated rings. The summed E-state index contributed by atoms with van der Waals surface area (Å²) in [6, 6.07) is 13.5. The molecule has 4 rings (SSSR count). The van der Waals surface area contributed by atoms with Gasteiger partial charge in [-0.1, -0.05) is 55.5 Å². The van der Waals surface area contributed by atoms with Gasteiger partial charge in [-0.25, -0.2) is 18.2 Å². The second-order valence-electron chi connectivity index (χ2n) is 11.1. The zero-order valence-electron chi connectivity index (χ0n) is 25.3. The molecule has 2 aromatic heterocycles. The second kappa shape index (κ2) is 15.7. The van der Waals surface area contributed by atoms with Gasteiger partial charge < -0.3 is 25.4 Å². The number of nitrogens with one attached hydrogen (secondary N) is 2. The molecule has 2 aromatic carbocycles. The van der Waals surface area contributed by atoms with Crippen LogP contribution in [0.2, 0.25) is 0 Å². The zero-order valence-corrected chi connectivity index (χ0v) is 27.8. The molecule has 0 spiro atoms. The summed E-state index contributed by atoms with van der Waals surface area (Å²) in [6.45, 7) is 5.41. The van der Waals surface area contributed by atoms with Gasteiger partial charge in [-0.3, -0.25) is 4.98 Å². The van der Waals surface area contributed by atoms with Crippen molar-refractivity contribution >= 4 is 54.1 Å². The highest BCUT2D eigenvalue weighted by Crippen LogP contribution is 2.29. The number of alkyl carbamates (subject to hydrolysis) is 1. The van der Waals surface area contributed by atoms with Gasteiger partial charge in [0.05, 0.1) is 37.6 Å². The van der Waals surface area contributed by atoms with Crippen molar-refractivity contribution in [3.8, 4) is 0 Å². The second-order valence-corrected chi connectivity index (χ2v) is 15.1. The van der Waals surface area contributed by atoms with E-state index in [2.05, 4.69) is 25.5 Å². The van der Waals surface area contributed by atoms with Crippen molar-refractivity contribution in [1.82, 2.24) is 24.5 Å². The predicted octanol–water partition coefficient (Wildman–Crippen LogP) is 4.27. The first kappa shape index (κ1) is 33.7. The number of sulfonamides is 1. The molecule has 0 aliphatic heterocycles. The molecule has 0 saturated carbocycles. The number of nitrogens with zero attached hydrogens (tertiary/aromatic N) is 4. The molecule has 2 heterocycles. The molecule has 0 saturated heterocycles. The lowest BCUT2D eigenvalue weighted by atomic mass is 10.0. The maximum atomic E-state index is 14.0. The van der Waals surface area contributed by atoms with Gasteiger partial charge in [-0.2, -0.15) is 4.31 Å². The van der Waals surface area contributed by atoms with Crippen molar-refractivity contribution in [2.75, 3.05) is 45.6 Å². The Balaban J connectivity index is 1.53. The third-order valence-corrected chi connectivity index (χ3v) is 10.2. The van der Waals surface area contributed by atoms with Crippen LogP contribution in [0.25, 0.3) is 10.2 Å². The molecular formula is C30H40N6O5S3. The molecule has 1 amide bonds. The number of ether oxygens (including phenoxy) is 1. The van der Waals surface area contributed by atoms with E-state index in [9.17, 15) is 18.3 Å². The fourth-order valence-corrected chi connectivity index (χ4v) is 7.64. The van der Waals surface area contributed by atoms with E-state index in [0.29, 0.717) is 5.52 Å². The van der Waals surface area contributed by atoms with Crippen molar-refractivity contribution in [2.24, 2.45) is 5.92 Å². The first-order valence-electron chi connectivity index (χ1n) is 14.3. The minimum absolute atomic E-state index is 0.0125. The average Bonchev–Trinajstić information content (AvgIpc) is 3.65. The molecule has 3 N–H and O–H groups in total. The number of likely N-dealkylation sites (N-methyl/N-ethyl adjacent to an activating group) is 1. The normalized spacial score (nSPS) is 13.5. The van der Waals surface area contributed by atoms with E-state index in [1.807, 2.05) is 58.3 Å². The van der Waals surface area contributed by atoms with Crippen LogP contribution in [0.1, 0.15) is 24.3 Å². The van der Waals surface area contributed by atoms with E-state index in [0.717, 1.165) is 33.4 Å². The van der Waals surface area contributed by atoms with E-state index in [1.54, 1.807) is 29.9 Å². The quantitative estimate of drug-likeness (QED) is 0.161. The number of aliphatic hydroxyl groups excluding tert-OH is 1. The highest BCUT2D eigenvalue weighted by atomic mass is 32.2. The summed E-state index contributed by atoms with van der Waals surface area (Å²) in [7, 11) is -0.0147. The van der Waals surface area contributed by atoms with Gasteiger partial charge in [-0.05, 0) is 50.2 Å². The molecule has 0 unspecified atom stereocenters. The average molecular weight is 661 g/mol. The van der Waals surface area contributed by atoms with Crippen molar-refractivity contribution in [1.29, 1.82) is 0 Å². The number of thiazole rings is 2. The number of rotatable bonds is 16. The van der Waals surface area contributed by atoms with Crippen LogP contribution in [-0.2, 0) is 27.8 Å². The summed E-state index contributed by atoms with van der Waals surface area (Å²) in [5, 5.41) is 18.2. The minimum atomic E-state index is -4.00. The van der Waals surface area contributed by atoms with Gasteiger partial charge in [-0.15, -0.1) is 11.3 Å². The molecule has 0 radical (unpaired) electrons. The van der Waals surface area contributed by atoms with Crippen LogP contribution < -0.4 is 10.6 Å². The van der Waals surface area contributed by atoms with Gasteiger partial charge >= 0.3 is 6.09 Å². The fourth-order valence-electron chi connectivity index (χ4n) is 4.48. The summed E-state index contributed by atoms with van der Waals surface area (Å²) < 4.78 is 35.4. The number of benzene rings is 2. The van der Waals surface area contributed by atoms with Gasteiger partial charge in [0.2, 0.25) is 10.0 Å². The molecule has 4 aromatic rings. The molecule has 14 heteroatoms. The van der Waals surface area contributed by atoms with E-state index in [1.165, 1.54) is 27.0 Å². The van der Waals surface area contributed by atoms with Crippen molar-refractivity contribution in [3.05, 3.63) is 70.7 Å². The first-order valence-corrected chi connectivity index (χ1v) is 17.5. The Morgan fingerprint density at radius 2 is 1.89 bits per heavy atom. The monoisotopic (exact) mass is 660 g/mol. The summed E-state index contributed by atoms with van der Waals surface area (Å²) >= 11 is 2.76. The van der Waals surface area contributed by atoms with Crippen molar-refractivity contribution in [2.45, 2.75) is 43.9 Å². The molecule has 11 nitrogen and oxygen atoms in total. The van der Waals surface area contributed by atoms with E-state index >= 15 is 0 Å². The first-order chi connectivity index (χ1) is 21.0. The molecular weight excluding hydrogens is 621 g/mol. The molecule has 0 bridgehead atoms. The lowest BCUT2D eigenvalue weighted by Crippen LogP contribution is -2.51. The van der Waals surface area contributed by atoms with Crippen LogP contribution in [-0.4, -0.2) is 91.2 Å². The number of fused-ring (bicyclic) bond motifs is 1. The lowest BCUT2D eigenvalue weighted by Gasteiger charge is -2.30. The molecule has 238 valence electrons. The Kier molecular flexibility index (Phi) is 12.1. The van der Waals surface area contributed by atoms with Crippen molar-refractivity contribution in [3.63, 3.8) is 0 Å². The highest BCUT2D eigenvalue weighted by Gasteiger charge is 2.32. The maximum absolute atomic E-state index is 14.0. The lowest BCUT2D eigenvalue weighted by molar-refractivity contribution is 0.0876. The van der Waals surface area contributed by atoms with Crippen LogP contribution in [0.5, 0.6) is 0 Å². The molecule has 0 aliphatic carbocycles. The fraction of sp³-hybridized carbons (Fsp3) is 0.433. The number of anilines is 1. The molecule has 44 heavy (non-hydrogen) atoms. The summed E-state index contributed by atoms with van der Waals surface area (Å²) in [5.41, 5.74) is 3.24. The number of amides is 1. The minimum Gasteiger partial charge on any atom is -0.444 e. The number of carbonyl (C=O) groups is 1. The number of hydrogen-bond acceptors (Lipinski definition) is 11. The van der Waals surface area contributed by atoms with Gasteiger partial charge in [0.25, 0.3) is 0 Å². The molecule has 2 atom stereocenters. The predicted molar refractivity (Wildman–Crippen MR) is 176 cm³/mol. The van der Waals surface area contributed by atoms with Crippen LogP contribution in [0.3, 0.4) is 0 Å². The highest BCUT2D eigenvalue weighted by molar-refractivity contribution is 7.89. The summed E-state index contributed by atoms with van der Waals surface area (Å²) in [5.74, 6) is -0.0125. The smallest absolute Gasteiger partial charge is 0.407 e. The Bertz CT molecular complexity index is 1580. The van der Waals surface area contributed by atoms with Crippen LogP contribution in [0.4, 0.5) is 9.93 Å². The Morgan fingerprint density at radius 3 is 2.57 bits per heavy atom. The van der Waals surface area contributed by atoms with Gasteiger partial charge in [0, 0.05) is 32.4 Å². The van der Waals surface area contributed by atoms with Crippen molar-refractivity contribution < 1.29 is 23.1 Å². The Hall–Kier alpha value is -3.14. The summed E-state index contributed by atoms with van der Waals surface area (Å²) in [6.07, 6.45) is -0.0276. The van der Waals surface area contributed by atoms with Crippen LogP contribution >= 0.6 is 22.7 Å². The van der Waals surface area contributed by atoms with E-state index < -0.39 is 28.3 Å². The number of hydrogen-bond donors (Lipinski definition) is 3. The van der Waals surface area contributed by atoms with Gasteiger partial charge in [0.1, 0.15) is 6.61 Å². The van der Waals surface area contributed by atoms with Crippen LogP contribution in [0.15, 0.2) is 65.1 Å². The SMILES string of the molecule is CC(C)CN(C[C@@H](O)[C@H](Cc1ccccc1)NC(=O)OCc1cncs1)S(=O)(=O)c1ccc2nc(NCCN(C)C)sc2c1. The van der Waals surface area contributed by atoms with E-state index in [-0.39, 0.29) is 36.9 Å². The standard InChI is InChI=1S/C30H40N6O5S3/c1-21(2)17-36(44(39,40)24-10-11-25-28(15-24)43-29(33-25)32-12-13-35(3)4)18-27(37)26(14-22-8-6-5-7-9-22)34-30(38)41-19-23-16-31-20-42-23/h5-11,15-16,20-21,26-27,37H,12-14,17-19H2,1-4H3,(H,32,33)(H,34,38)/t26-,27+/m0/s1. The van der Waals surface area contributed by atoms with Gasteiger partial charge in [0.15, 0.2) is 5.13 Å². The number of aromatic nitrogens is 2. The Labute approximate surface area is 267 Å². The third-order valence-electron chi connectivity index (χ3n) is 6.69. The summed E-state index contributed by atoms with van der Waals surface area (Å²) in [4.78, 5) is 24.3. The third kappa shape index (κ3) is 9.68. The topological polar surface area (TPSA) is 137 Å². The Morgan fingerprint density at radius 1 is 1.11 bits per heavy atom. The maximum Gasteiger partial charge on any atom is 0.407 e. The zero-order chi connectivity index (χ0) is 31.7. The largest absolute Gasteiger partial charge is 0.444 e.